The van der Waals surface area contributed by atoms with Crippen molar-refractivity contribution in [3.63, 3.8) is 0 Å². The van der Waals surface area contributed by atoms with Crippen molar-refractivity contribution in [2.24, 2.45) is 0 Å². The third-order valence-corrected chi connectivity index (χ3v) is 1.56. The Labute approximate surface area is 78.0 Å². The molecule has 0 aromatic carbocycles. The maximum atomic E-state index is 10.4. The Kier molecular flexibility index (Phi) is 5.25. The summed E-state index contributed by atoms with van der Waals surface area (Å²) in [6, 6.07) is 0.160. The largest absolute Gasteiger partial charge is 0.466 e. The van der Waals surface area contributed by atoms with Crippen molar-refractivity contribution in [1.29, 1.82) is 0 Å². The fourth-order valence-electron chi connectivity index (χ4n) is 0.660. The summed E-state index contributed by atoms with van der Waals surface area (Å²) in [5.41, 5.74) is -0.322. The van der Waals surface area contributed by atoms with Crippen LogP contribution in [0.1, 0.15) is 27.2 Å². The van der Waals surface area contributed by atoms with Crippen molar-refractivity contribution < 1.29 is 14.3 Å². The van der Waals surface area contributed by atoms with Crippen LogP contribution in [0.3, 0.4) is 0 Å². The van der Waals surface area contributed by atoms with Crippen molar-refractivity contribution in [2.75, 3.05) is 12.7 Å². The van der Waals surface area contributed by atoms with Crippen LogP contribution in [-0.2, 0) is 14.3 Å². The van der Waals surface area contributed by atoms with Gasteiger partial charge in [-0.1, -0.05) is 11.6 Å². The third kappa shape index (κ3) is 6.43. The highest BCUT2D eigenvalue weighted by Crippen LogP contribution is 2.14. The van der Waals surface area contributed by atoms with E-state index in [1.165, 1.54) is 6.92 Å². The van der Waals surface area contributed by atoms with Crippen LogP contribution in [0.2, 0.25) is 0 Å². The molecule has 0 unspecified atom stereocenters. The fourth-order valence-corrected chi connectivity index (χ4v) is 0.956. The normalized spacial score (nSPS) is 11.3. The van der Waals surface area contributed by atoms with E-state index in [1.54, 1.807) is 0 Å². The van der Waals surface area contributed by atoms with Crippen LogP contribution < -0.4 is 0 Å². The number of carbonyl (C=O) groups excluding carboxylic acids is 1. The zero-order chi connectivity index (χ0) is 9.61. The first-order valence-electron chi connectivity index (χ1n) is 3.81. The highest BCUT2D eigenvalue weighted by Gasteiger charge is 2.17. The molecule has 0 heterocycles. The minimum absolute atomic E-state index is 0.160. The second-order valence-corrected chi connectivity index (χ2v) is 3.32. The molecule has 0 saturated heterocycles. The molecule has 0 radical (unpaired) electrons. The van der Waals surface area contributed by atoms with Gasteiger partial charge in [0.25, 0.3) is 0 Å². The molecule has 0 spiro atoms. The van der Waals surface area contributed by atoms with Gasteiger partial charge >= 0.3 is 5.97 Å². The average molecular weight is 195 g/mol. The Morgan fingerprint density at radius 1 is 1.50 bits per heavy atom. The number of carbonyl (C=O) groups is 1. The first-order chi connectivity index (χ1) is 5.48. The van der Waals surface area contributed by atoms with Gasteiger partial charge in [-0.2, -0.15) is 0 Å². The minimum Gasteiger partial charge on any atom is -0.466 e. The molecule has 0 fully saturated rings. The van der Waals surface area contributed by atoms with Gasteiger partial charge in [0.2, 0.25) is 0 Å². The molecule has 0 aliphatic rings. The van der Waals surface area contributed by atoms with E-state index in [2.05, 4.69) is 0 Å². The minimum atomic E-state index is -0.322. The van der Waals surface area contributed by atoms with Crippen LogP contribution >= 0.6 is 11.6 Å². The Bertz CT molecular complexity index is 145. The monoisotopic (exact) mass is 194 g/mol. The quantitative estimate of drug-likeness (QED) is 0.496. The average Bonchev–Trinajstić information content (AvgIpc) is 1.85. The van der Waals surface area contributed by atoms with Crippen molar-refractivity contribution in [3.8, 4) is 0 Å². The second kappa shape index (κ2) is 5.38. The molecule has 0 N–H and O–H groups in total. The molecular weight excluding hydrogens is 180 g/mol. The molecular formula is C8H15ClO3. The topological polar surface area (TPSA) is 35.5 Å². The predicted octanol–water partition coefficient (Wildman–Crippen LogP) is 1.93. The lowest BCUT2D eigenvalue weighted by Crippen LogP contribution is -2.26. The summed E-state index contributed by atoms with van der Waals surface area (Å²) >= 11 is 5.40. The van der Waals surface area contributed by atoms with E-state index < -0.39 is 0 Å². The van der Waals surface area contributed by atoms with E-state index in [0.29, 0.717) is 13.0 Å². The van der Waals surface area contributed by atoms with Crippen molar-refractivity contribution in [3.05, 3.63) is 0 Å². The van der Waals surface area contributed by atoms with E-state index in [4.69, 9.17) is 21.1 Å². The van der Waals surface area contributed by atoms with Gasteiger partial charge in [-0.25, -0.2) is 0 Å². The standard InChI is InChI=1S/C8H15ClO3/c1-7(10)11-5-4-8(2,3)12-6-9/h4-6H2,1-3H3. The van der Waals surface area contributed by atoms with Crippen LogP contribution in [0.15, 0.2) is 0 Å². The Balaban J connectivity index is 3.53. The number of alkyl halides is 1. The summed E-state index contributed by atoms with van der Waals surface area (Å²) in [4.78, 5) is 10.4. The zero-order valence-corrected chi connectivity index (χ0v) is 8.48. The van der Waals surface area contributed by atoms with Gasteiger partial charge in [-0.05, 0) is 13.8 Å². The van der Waals surface area contributed by atoms with Crippen molar-refractivity contribution in [2.45, 2.75) is 32.8 Å². The van der Waals surface area contributed by atoms with Crippen LogP contribution in [0, 0.1) is 0 Å². The molecule has 4 heteroatoms. The number of rotatable bonds is 5. The number of halogens is 1. The molecule has 0 atom stereocenters. The van der Waals surface area contributed by atoms with Crippen LogP contribution in [0.4, 0.5) is 0 Å². The van der Waals surface area contributed by atoms with Crippen molar-refractivity contribution in [1.82, 2.24) is 0 Å². The molecule has 3 nitrogen and oxygen atoms in total. The second-order valence-electron chi connectivity index (χ2n) is 3.10. The van der Waals surface area contributed by atoms with Crippen molar-refractivity contribution >= 4 is 17.6 Å². The lowest BCUT2D eigenvalue weighted by molar-refractivity contribution is -0.142. The zero-order valence-electron chi connectivity index (χ0n) is 7.72. The fraction of sp³-hybridized carbons (Fsp3) is 0.875. The highest BCUT2D eigenvalue weighted by atomic mass is 35.5. The van der Waals surface area contributed by atoms with Gasteiger partial charge in [0.05, 0.1) is 12.2 Å². The summed E-state index contributed by atoms with van der Waals surface area (Å²) in [7, 11) is 0. The molecule has 72 valence electrons. The number of ether oxygens (including phenoxy) is 2. The summed E-state index contributed by atoms with van der Waals surface area (Å²) in [6.07, 6.45) is 0.652. The van der Waals surface area contributed by atoms with E-state index in [0.717, 1.165) is 0 Å². The molecule has 0 bridgehead atoms. The van der Waals surface area contributed by atoms with Crippen LogP contribution in [0.25, 0.3) is 0 Å². The van der Waals surface area contributed by atoms with E-state index in [1.807, 2.05) is 13.8 Å². The number of hydrogen-bond acceptors (Lipinski definition) is 3. The molecule has 0 rings (SSSR count). The number of esters is 1. The van der Waals surface area contributed by atoms with Gasteiger partial charge in [0.15, 0.2) is 0 Å². The van der Waals surface area contributed by atoms with E-state index >= 15 is 0 Å². The van der Waals surface area contributed by atoms with Crippen LogP contribution in [-0.4, -0.2) is 24.2 Å². The first-order valence-corrected chi connectivity index (χ1v) is 4.35. The lowest BCUT2D eigenvalue weighted by atomic mass is 10.1. The molecule has 0 saturated carbocycles. The smallest absolute Gasteiger partial charge is 0.302 e. The van der Waals surface area contributed by atoms with Gasteiger partial charge < -0.3 is 9.47 Å². The molecule has 0 aliphatic heterocycles. The summed E-state index contributed by atoms with van der Waals surface area (Å²) in [5, 5.41) is 0. The summed E-state index contributed by atoms with van der Waals surface area (Å²) in [5.74, 6) is -0.267. The Morgan fingerprint density at radius 2 is 2.08 bits per heavy atom. The maximum Gasteiger partial charge on any atom is 0.302 e. The van der Waals surface area contributed by atoms with Gasteiger partial charge in [0.1, 0.15) is 6.07 Å². The molecule has 0 amide bonds. The van der Waals surface area contributed by atoms with Crippen LogP contribution in [0.5, 0.6) is 0 Å². The molecule has 0 aromatic heterocycles. The van der Waals surface area contributed by atoms with Gasteiger partial charge in [0, 0.05) is 13.3 Å². The SMILES string of the molecule is CC(=O)OCCC(C)(C)OCCl. The first kappa shape index (κ1) is 11.7. The summed E-state index contributed by atoms with van der Waals surface area (Å²) < 4.78 is 9.95. The maximum absolute atomic E-state index is 10.4. The van der Waals surface area contributed by atoms with Gasteiger partial charge in [-0.3, -0.25) is 4.79 Å². The molecule has 0 aromatic rings. The van der Waals surface area contributed by atoms with Gasteiger partial charge in [-0.15, -0.1) is 0 Å². The summed E-state index contributed by atoms with van der Waals surface area (Å²) in [6.45, 7) is 5.56. The molecule has 0 aliphatic carbocycles. The van der Waals surface area contributed by atoms with E-state index in [-0.39, 0.29) is 17.6 Å². The Morgan fingerprint density at radius 3 is 2.50 bits per heavy atom. The predicted molar refractivity (Wildman–Crippen MR) is 47.1 cm³/mol. The number of hydrogen-bond donors (Lipinski definition) is 0. The highest BCUT2D eigenvalue weighted by molar-refractivity contribution is 6.17. The van der Waals surface area contributed by atoms with E-state index in [9.17, 15) is 4.79 Å². The Hall–Kier alpha value is -0.280. The molecule has 12 heavy (non-hydrogen) atoms. The third-order valence-electron chi connectivity index (χ3n) is 1.45. The lowest BCUT2D eigenvalue weighted by Gasteiger charge is -2.23.